The summed E-state index contributed by atoms with van der Waals surface area (Å²) in [5.74, 6) is -1.33. The van der Waals surface area contributed by atoms with Crippen LogP contribution < -0.4 is 10.9 Å². The van der Waals surface area contributed by atoms with Gasteiger partial charge >= 0.3 is 0 Å². The molecule has 0 unspecified atom stereocenters. The lowest BCUT2D eigenvalue weighted by Crippen LogP contribution is -2.37. The van der Waals surface area contributed by atoms with Gasteiger partial charge < -0.3 is 19.9 Å². The van der Waals surface area contributed by atoms with Crippen molar-refractivity contribution in [1.29, 1.82) is 0 Å². The Morgan fingerprint density at radius 2 is 2.25 bits per heavy atom. The summed E-state index contributed by atoms with van der Waals surface area (Å²) in [5.41, 5.74) is -1.04. The van der Waals surface area contributed by atoms with Gasteiger partial charge in [-0.25, -0.2) is 0 Å². The summed E-state index contributed by atoms with van der Waals surface area (Å²) in [4.78, 5) is 28.2. The summed E-state index contributed by atoms with van der Waals surface area (Å²) in [6.07, 6.45) is 0.847. The Morgan fingerprint density at radius 1 is 1.55 bits per heavy atom. The summed E-state index contributed by atoms with van der Waals surface area (Å²) < 4.78 is 11.0. The lowest BCUT2D eigenvalue weighted by molar-refractivity contribution is -0.0974. The van der Waals surface area contributed by atoms with Crippen molar-refractivity contribution in [2.24, 2.45) is 0 Å². The van der Waals surface area contributed by atoms with Gasteiger partial charge in [0, 0.05) is 25.8 Å². The zero-order valence-corrected chi connectivity index (χ0v) is 11.6. The van der Waals surface area contributed by atoms with Crippen molar-refractivity contribution in [3.8, 4) is 5.88 Å². The molecule has 2 N–H and O–H groups in total. The smallest absolute Gasteiger partial charge is 0.275 e. The van der Waals surface area contributed by atoms with E-state index in [4.69, 9.17) is 9.47 Å². The number of carbonyl (C=O) groups is 1. The van der Waals surface area contributed by atoms with Crippen LogP contribution in [0.4, 0.5) is 0 Å². The van der Waals surface area contributed by atoms with Gasteiger partial charge in [-0.1, -0.05) is 0 Å². The average molecular weight is 299 g/mol. The van der Waals surface area contributed by atoms with E-state index >= 15 is 0 Å². The number of nitrogens with one attached hydrogen (secondary N) is 1. The number of amides is 1. The molecule has 0 saturated carbocycles. The molecule has 0 saturated heterocycles. The monoisotopic (exact) mass is 299 g/mol. The molecule has 2 aromatic heterocycles. The minimum Gasteiger partial charge on any atom is -0.492 e. The van der Waals surface area contributed by atoms with E-state index in [2.05, 4.69) is 10.3 Å². The van der Waals surface area contributed by atoms with Crippen LogP contribution in [0, 0.1) is 0 Å². The molecule has 2 aromatic rings. The van der Waals surface area contributed by atoms with Crippen LogP contribution in [0.15, 0.2) is 16.4 Å². The molecule has 2 heterocycles. The van der Waals surface area contributed by atoms with Gasteiger partial charge in [-0.05, 0) is 0 Å². The summed E-state index contributed by atoms with van der Waals surface area (Å²) in [7, 11) is 2.84. The van der Waals surface area contributed by atoms with E-state index in [0.29, 0.717) is 4.96 Å². The zero-order chi connectivity index (χ0) is 14.7. The summed E-state index contributed by atoms with van der Waals surface area (Å²) in [6, 6.07) is 0. The maximum atomic E-state index is 12.1. The van der Waals surface area contributed by atoms with Crippen molar-refractivity contribution >= 4 is 22.2 Å². The number of aromatic nitrogens is 2. The van der Waals surface area contributed by atoms with Gasteiger partial charge in [0.2, 0.25) is 5.88 Å². The van der Waals surface area contributed by atoms with E-state index in [1.54, 1.807) is 5.38 Å². The fourth-order valence-corrected chi connectivity index (χ4v) is 2.30. The third-order valence-corrected chi connectivity index (χ3v) is 3.39. The van der Waals surface area contributed by atoms with Gasteiger partial charge in [0.25, 0.3) is 11.5 Å². The first kappa shape index (κ1) is 14.4. The lowest BCUT2D eigenvalue weighted by atomic mass is 10.3. The Kier molecular flexibility index (Phi) is 4.32. The van der Waals surface area contributed by atoms with E-state index in [0.717, 1.165) is 0 Å². The molecule has 0 spiro atoms. The van der Waals surface area contributed by atoms with E-state index in [-0.39, 0.29) is 6.54 Å². The summed E-state index contributed by atoms with van der Waals surface area (Å²) in [5, 5.41) is 13.8. The predicted molar refractivity (Wildman–Crippen MR) is 71.1 cm³/mol. The fraction of sp³-hybridized carbons (Fsp3) is 0.364. The fourth-order valence-electron chi connectivity index (χ4n) is 1.60. The normalized spacial score (nSPS) is 11.2. The van der Waals surface area contributed by atoms with Crippen molar-refractivity contribution in [3.63, 3.8) is 0 Å². The first-order valence-corrected chi connectivity index (χ1v) is 6.49. The van der Waals surface area contributed by atoms with Crippen LogP contribution in [0.25, 0.3) is 4.96 Å². The van der Waals surface area contributed by atoms with Crippen LogP contribution in [0.3, 0.4) is 0 Å². The number of methoxy groups -OCH3 is 2. The number of nitrogens with zero attached hydrogens (tertiary/aromatic N) is 2. The molecule has 0 aliphatic heterocycles. The second-order valence-corrected chi connectivity index (χ2v) is 4.66. The Labute approximate surface area is 117 Å². The van der Waals surface area contributed by atoms with Crippen LogP contribution in [0.5, 0.6) is 5.88 Å². The molecule has 9 heteroatoms. The second kappa shape index (κ2) is 5.99. The van der Waals surface area contributed by atoms with E-state index in [9.17, 15) is 14.7 Å². The highest BCUT2D eigenvalue weighted by Crippen LogP contribution is 2.14. The molecule has 108 valence electrons. The van der Waals surface area contributed by atoms with Crippen molar-refractivity contribution < 1.29 is 19.4 Å². The molecule has 0 bridgehead atoms. The van der Waals surface area contributed by atoms with Crippen molar-refractivity contribution in [3.05, 3.63) is 27.5 Å². The maximum Gasteiger partial charge on any atom is 0.275 e. The Bertz CT molecular complexity index is 676. The van der Waals surface area contributed by atoms with Crippen LogP contribution in [0.2, 0.25) is 0 Å². The first-order valence-electron chi connectivity index (χ1n) is 5.61. The molecule has 0 atom stereocenters. The number of thiazole rings is 1. The molecule has 0 fully saturated rings. The third-order valence-electron chi connectivity index (χ3n) is 2.63. The van der Waals surface area contributed by atoms with Crippen LogP contribution in [-0.2, 0) is 9.47 Å². The molecule has 0 aliphatic carbocycles. The van der Waals surface area contributed by atoms with Crippen LogP contribution in [0.1, 0.15) is 10.4 Å². The topological polar surface area (TPSA) is 102 Å². The summed E-state index contributed by atoms with van der Waals surface area (Å²) >= 11 is 1.18. The number of hydrogen-bond acceptors (Lipinski definition) is 7. The molecular weight excluding hydrogens is 286 g/mol. The molecule has 0 aliphatic rings. The number of fused-ring (bicyclic) bond motifs is 1. The van der Waals surface area contributed by atoms with Gasteiger partial charge in [-0.2, -0.15) is 4.98 Å². The Balaban J connectivity index is 2.28. The molecule has 8 nitrogen and oxygen atoms in total. The zero-order valence-electron chi connectivity index (χ0n) is 10.8. The SMILES string of the molecule is COC(CNC(=O)c1c(O)nc2sccn2c1=O)OC. The van der Waals surface area contributed by atoms with Gasteiger partial charge in [-0.3, -0.25) is 14.0 Å². The molecular formula is C11H13N3O5S. The van der Waals surface area contributed by atoms with E-state index < -0.39 is 29.2 Å². The van der Waals surface area contributed by atoms with E-state index in [1.807, 2.05) is 0 Å². The summed E-state index contributed by atoms with van der Waals surface area (Å²) in [6.45, 7) is 0.0387. The standard InChI is InChI=1S/C11H13N3O5S/c1-18-6(19-2)5-12-8(15)7-9(16)13-11-14(10(7)17)3-4-20-11/h3-4,6,16H,5H2,1-2H3,(H,12,15). The van der Waals surface area contributed by atoms with Crippen molar-refractivity contribution in [2.45, 2.75) is 6.29 Å². The van der Waals surface area contributed by atoms with Gasteiger partial charge in [0.05, 0.1) is 6.54 Å². The minimum absolute atomic E-state index is 0.0387. The van der Waals surface area contributed by atoms with E-state index in [1.165, 1.54) is 36.2 Å². The number of rotatable bonds is 5. The predicted octanol–water partition coefficient (Wildman–Crippen LogP) is -0.190. The largest absolute Gasteiger partial charge is 0.492 e. The minimum atomic E-state index is -0.736. The van der Waals surface area contributed by atoms with Crippen LogP contribution in [-0.4, -0.2) is 47.5 Å². The maximum absolute atomic E-state index is 12.1. The number of aromatic hydroxyl groups is 1. The van der Waals surface area contributed by atoms with Gasteiger partial charge in [0.1, 0.15) is 0 Å². The highest BCUT2D eigenvalue weighted by Gasteiger charge is 2.21. The number of hydrogen-bond donors (Lipinski definition) is 2. The quantitative estimate of drug-likeness (QED) is 0.742. The Hall–Kier alpha value is -1.97. The van der Waals surface area contributed by atoms with Crippen molar-refractivity contribution in [2.75, 3.05) is 20.8 Å². The molecule has 0 aromatic carbocycles. The highest BCUT2D eigenvalue weighted by molar-refractivity contribution is 7.15. The third kappa shape index (κ3) is 2.64. The second-order valence-electron chi connectivity index (χ2n) is 3.78. The first-order chi connectivity index (χ1) is 9.58. The lowest BCUT2D eigenvalue weighted by Gasteiger charge is -2.13. The Morgan fingerprint density at radius 3 is 2.90 bits per heavy atom. The van der Waals surface area contributed by atoms with Crippen LogP contribution >= 0.6 is 11.3 Å². The average Bonchev–Trinajstić information content (AvgIpc) is 2.88. The number of carbonyl (C=O) groups excluding carboxylic acids is 1. The molecule has 0 radical (unpaired) electrons. The molecule has 1 amide bonds. The van der Waals surface area contributed by atoms with Crippen molar-refractivity contribution in [1.82, 2.24) is 14.7 Å². The molecule has 2 rings (SSSR count). The highest BCUT2D eigenvalue weighted by atomic mass is 32.1. The molecule has 20 heavy (non-hydrogen) atoms. The van der Waals surface area contributed by atoms with Gasteiger partial charge in [0.15, 0.2) is 16.8 Å². The van der Waals surface area contributed by atoms with Gasteiger partial charge in [-0.15, -0.1) is 11.3 Å². The number of ether oxygens (including phenoxy) is 2.